The maximum absolute atomic E-state index is 12.2. The number of carbonyl (C=O) groups is 2. The number of amides is 2. The van der Waals surface area contributed by atoms with Gasteiger partial charge in [-0.3, -0.25) is 14.5 Å². The molecule has 1 saturated heterocycles. The molecule has 4 nitrogen and oxygen atoms in total. The Morgan fingerprint density at radius 2 is 2.05 bits per heavy atom. The van der Waals surface area contributed by atoms with Crippen LogP contribution in [0.2, 0.25) is 0 Å². The van der Waals surface area contributed by atoms with Crippen LogP contribution in [0.1, 0.15) is 24.8 Å². The summed E-state index contributed by atoms with van der Waals surface area (Å²) in [6.07, 6.45) is 2.22. The van der Waals surface area contributed by atoms with Crippen molar-refractivity contribution in [1.29, 1.82) is 0 Å². The summed E-state index contributed by atoms with van der Waals surface area (Å²) >= 11 is 1.41. The first-order chi connectivity index (χ1) is 9.06. The minimum atomic E-state index is -0.307. The first kappa shape index (κ1) is 12.5. The van der Waals surface area contributed by atoms with Crippen LogP contribution in [0, 0.1) is 6.92 Å². The van der Waals surface area contributed by atoms with Crippen molar-refractivity contribution in [2.24, 2.45) is 0 Å². The minimum absolute atomic E-state index is 0.0318. The number of hydrogen-bond donors (Lipinski definition) is 1. The fraction of sp³-hybridized carbons (Fsp3) is 0.429. The minimum Gasteiger partial charge on any atom is -0.398 e. The maximum atomic E-state index is 12.2. The molecule has 1 atom stereocenters. The molecular formula is C14H16N2O2S. The Kier molecular flexibility index (Phi) is 3.01. The molecule has 0 spiro atoms. The van der Waals surface area contributed by atoms with Crippen LogP contribution in [-0.2, 0) is 9.59 Å². The molecule has 100 valence electrons. The van der Waals surface area contributed by atoms with Crippen LogP contribution in [0.25, 0.3) is 0 Å². The van der Waals surface area contributed by atoms with Gasteiger partial charge in [-0.1, -0.05) is 6.07 Å². The number of nitrogens with zero attached hydrogens (tertiary/aromatic N) is 1. The van der Waals surface area contributed by atoms with Crippen molar-refractivity contribution >= 4 is 29.3 Å². The SMILES string of the molecule is Cc1ccc(SC2CC(=O)N(C3CC3)C2=O)c(N)c1. The van der Waals surface area contributed by atoms with E-state index in [0.29, 0.717) is 12.1 Å². The van der Waals surface area contributed by atoms with Crippen LogP contribution in [0.3, 0.4) is 0 Å². The highest BCUT2D eigenvalue weighted by Gasteiger charge is 2.46. The predicted octanol–water partition coefficient (Wildman–Crippen LogP) is 1.96. The number of anilines is 1. The first-order valence-electron chi connectivity index (χ1n) is 6.45. The molecule has 2 fully saturated rings. The standard InChI is InChI=1S/C14H16N2O2S/c1-8-2-5-11(10(15)6-8)19-12-7-13(17)16(14(12)18)9-3-4-9/h2,5-6,9,12H,3-4,7,15H2,1H3. The monoisotopic (exact) mass is 276 g/mol. The number of nitrogen functional groups attached to an aromatic ring is 1. The predicted molar refractivity (Wildman–Crippen MR) is 74.7 cm³/mol. The summed E-state index contributed by atoms with van der Waals surface area (Å²) in [4.78, 5) is 26.4. The molecule has 0 bridgehead atoms. The number of carbonyl (C=O) groups excluding carboxylic acids is 2. The summed E-state index contributed by atoms with van der Waals surface area (Å²) in [7, 11) is 0. The highest BCUT2D eigenvalue weighted by Crippen LogP contribution is 2.39. The second-order valence-corrected chi connectivity index (χ2v) is 6.43. The molecule has 2 N–H and O–H groups in total. The van der Waals surface area contributed by atoms with E-state index in [4.69, 9.17) is 5.73 Å². The summed E-state index contributed by atoms with van der Waals surface area (Å²) in [6, 6.07) is 5.95. The lowest BCUT2D eigenvalue weighted by molar-refractivity contribution is -0.138. The molecule has 0 radical (unpaired) electrons. The lowest BCUT2D eigenvalue weighted by atomic mass is 10.2. The number of nitrogens with two attached hydrogens (primary N) is 1. The third-order valence-electron chi connectivity index (χ3n) is 3.49. The van der Waals surface area contributed by atoms with E-state index in [0.717, 1.165) is 23.3 Å². The summed E-state index contributed by atoms with van der Waals surface area (Å²) in [5, 5.41) is -0.307. The average Bonchev–Trinajstić information content (AvgIpc) is 3.12. The second-order valence-electron chi connectivity index (χ2n) is 5.19. The molecule has 1 aliphatic heterocycles. The van der Waals surface area contributed by atoms with Crippen LogP contribution in [-0.4, -0.2) is 28.0 Å². The van der Waals surface area contributed by atoms with Gasteiger partial charge in [0.05, 0.1) is 5.25 Å². The second kappa shape index (κ2) is 4.56. The molecule has 1 heterocycles. The highest BCUT2D eigenvalue weighted by molar-refractivity contribution is 8.00. The van der Waals surface area contributed by atoms with Crippen LogP contribution in [0.4, 0.5) is 5.69 Å². The summed E-state index contributed by atoms with van der Waals surface area (Å²) in [6.45, 7) is 1.98. The zero-order valence-corrected chi connectivity index (χ0v) is 11.6. The number of aryl methyl sites for hydroxylation is 1. The first-order valence-corrected chi connectivity index (χ1v) is 7.33. The molecule has 3 rings (SSSR count). The topological polar surface area (TPSA) is 63.4 Å². The number of imide groups is 1. The smallest absolute Gasteiger partial charge is 0.243 e. The van der Waals surface area contributed by atoms with E-state index >= 15 is 0 Å². The van der Waals surface area contributed by atoms with Crippen LogP contribution in [0.15, 0.2) is 23.1 Å². The Bertz CT molecular complexity index is 554. The molecular weight excluding hydrogens is 260 g/mol. The molecule has 1 aromatic carbocycles. The van der Waals surface area contributed by atoms with Crippen molar-refractivity contribution in [3.63, 3.8) is 0 Å². The number of likely N-dealkylation sites (tertiary alicyclic amines) is 1. The summed E-state index contributed by atoms with van der Waals surface area (Å²) in [5.41, 5.74) is 7.72. The molecule has 0 aromatic heterocycles. The molecule has 2 amide bonds. The molecule has 19 heavy (non-hydrogen) atoms. The third-order valence-corrected chi connectivity index (χ3v) is 4.77. The third kappa shape index (κ3) is 2.34. The number of rotatable bonds is 3. The highest BCUT2D eigenvalue weighted by atomic mass is 32.2. The van der Waals surface area contributed by atoms with Gasteiger partial charge in [0.15, 0.2) is 0 Å². The van der Waals surface area contributed by atoms with Crippen molar-refractivity contribution in [2.45, 2.75) is 42.4 Å². The van der Waals surface area contributed by atoms with Crippen molar-refractivity contribution in [3.8, 4) is 0 Å². The van der Waals surface area contributed by atoms with Gasteiger partial charge in [0.25, 0.3) is 0 Å². The van der Waals surface area contributed by atoms with Crippen molar-refractivity contribution in [3.05, 3.63) is 23.8 Å². The molecule has 1 unspecified atom stereocenters. The van der Waals surface area contributed by atoms with E-state index in [-0.39, 0.29) is 23.1 Å². The Hall–Kier alpha value is -1.49. The van der Waals surface area contributed by atoms with E-state index in [2.05, 4.69) is 0 Å². The van der Waals surface area contributed by atoms with Gasteiger partial charge in [0, 0.05) is 23.0 Å². The van der Waals surface area contributed by atoms with Gasteiger partial charge < -0.3 is 5.73 Å². The van der Waals surface area contributed by atoms with Gasteiger partial charge in [0.1, 0.15) is 0 Å². The largest absolute Gasteiger partial charge is 0.398 e. The van der Waals surface area contributed by atoms with E-state index in [1.54, 1.807) is 0 Å². The lowest BCUT2D eigenvalue weighted by Gasteiger charge is -2.14. The Labute approximate surface area is 116 Å². The van der Waals surface area contributed by atoms with E-state index in [1.807, 2.05) is 25.1 Å². The van der Waals surface area contributed by atoms with Crippen molar-refractivity contribution in [1.82, 2.24) is 4.90 Å². The number of benzene rings is 1. The van der Waals surface area contributed by atoms with Gasteiger partial charge in [-0.05, 0) is 37.5 Å². The van der Waals surface area contributed by atoms with Gasteiger partial charge in [-0.2, -0.15) is 0 Å². The van der Waals surface area contributed by atoms with Crippen molar-refractivity contribution in [2.75, 3.05) is 5.73 Å². The van der Waals surface area contributed by atoms with Crippen LogP contribution >= 0.6 is 11.8 Å². The average molecular weight is 276 g/mol. The summed E-state index contributed by atoms with van der Waals surface area (Å²) in [5.74, 6) is -0.0758. The van der Waals surface area contributed by atoms with Gasteiger partial charge in [0.2, 0.25) is 11.8 Å². The molecule has 5 heteroatoms. The van der Waals surface area contributed by atoms with E-state index < -0.39 is 0 Å². The van der Waals surface area contributed by atoms with E-state index in [9.17, 15) is 9.59 Å². The molecule has 1 aliphatic carbocycles. The lowest BCUT2D eigenvalue weighted by Crippen LogP contribution is -2.33. The van der Waals surface area contributed by atoms with Gasteiger partial charge in [-0.25, -0.2) is 0 Å². The van der Waals surface area contributed by atoms with Gasteiger partial charge >= 0.3 is 0 Å². The summed E-state index contributed by atoms with van der Waals surface area (Å²) < 4.78 is 0. The molecule has 1 aromatic rings. The van der Waals surface area contributed by atoms with Gasteiger partial charge in [-0.15, -0.1) is 11.8 Å². The zero-order chi connectivity index (χ0) is 13.6. The van der Waals surface area contributed by atoms with Crippen molar-refractivity contribution < 1.29 is 9.59 Å². The quantitative estimate of drug-likeness (QED) is 0.677. The van der Waals surface area contributed by atoms with E-state index in [1.165, 1.54) is 16.7 Å². The number of thioether (sulfide) groups is 1. The fourth-order valence-electron chi connectivity index (χ4n) is 2.36. The normalized spacial score (nSPS) is 23.2. The van der Waals surface area contributed by atoms with Crippen LogP contribution < -0.4 is 5.73 Å². The molecule has 1 saturated carbocycles. The Morgan fingerprint density at radius 1 is 1.32 bits per heavy atom. The zero-order valence-electron chi connectivity index (χ0n) is 10.8. The maximum Gasteiger partial charge on any atom is 0.243 e. The Balaban J connectivity index is 1.76. The molecule has 2 aliphatic rings. The fourth-order valence-corrected chi connectivity index (χ4v) is 3.45. The Morgan fingerprint density at radius 3 is 2.68 bits per heavy atom. The number of hydrogen-bond acceptors (Lipinski definition) is 4. The van der Waals surface area contributed by atoms with Crippen LogP contribution in [0.5, 0.6) is 0 Å².